The van der Waals surface area contributed by atoms with Gasteiger partial charge in [-0.15, -0.1) is 0 Å². The third-order valence-electron chi connectivity index (χ3n) is 15.4. The van der Waals surface area contributed by atoms with Gasteiger partial charge in [-0.1, -0.05) is 26.0 Å². The van der Waals surface area contributed by atoms with Gasteiger partial charge in [0.05, 0.1) is 12.1 Å². The SMILES string of the molecule is CC1c2c([nH]c(N)c2/C=C(\N)c2ccccc2O)CCN1c1ncc(C2CCN(C3CC4(C3)CN(C(=O)NC(C(=O)N3CCC(O)C3)C(C)(C)CCN3CCNCC3)C4)CC2)cn1. The molecule has 3 unspecified atom stereocenters. The van der Waals surface area contributed by atoms with Crippen molar-refractivity contribution in [3.8, 4) is 5.75 Å². The number of benzene rings is 1. The molecule has 3 atom stereocenters. The van der Waals surface area contributed by atoms with Crippen LogP contribution in [0, 0.1) is 10.8 Å². The lowest BCUT2D eigenvalue weighted by molar-refractivity contribution is -0.136. The van der Waals surface area contributed by atoms with E-state index in [0.717, 1.165) is 121 Å². The lowest BCUT2D eigenvalue weighted by Gasteiger charge is -2.61. The molecule has 7 heterocycles. The number of rotatable bonds is 11. The van der Waals surface area contributed by atoms with Crippen LogP contribution in [-0.4, -0.2) is 153 Å². The standard InChI is InChI=1S/C47H68N12O4/c1-30-40-36(22-37(48)35-6-4-5-7-39(35)61)42(49)53-38(40)11-18-59(30)44-51-25-32(26-52-44)31-8-15-56(16-9-31)33-23-47(24-33)28-58(29-47)45(63)54-41(43(62)57-17-10-34(60)27-57)46(2,3)12-19-55-20-13-50-14-21-55/h4-7,22,25-26,30-31,33-34,41,50,53,60-61H,8-21,23-24,27-29,48-49H2,1-3H3,(H,54,63)/b37-22-. The molecule has 9 rings (SSSR count). The number of piperidine rings is 1. The van der Waals surface area contributed by atoms with E-state index in [1.807, 2.05) is 29.4 Å². The number of aliphatic hydroxyl groups excluding tert-OH is 1. The Labute approximate surface area is 371 Å². The van der Waals surface area contributed by atoms with Gasteiger partial charge in [0.25, 0.3) is 0 Å². The third kappa shape index (κ3) is 8.83. The van der Waals surface area contributed by atoms with Crippen LogP contribution in [0.2, 0.25) is 0 Å². The number of anilines is 2. The molecular formula is C47H68N12O4. The quantitative estimate of drug-likeness (QED) is 0.148. The highest BCUT2D eigenvalue weighted by atomic mass is 16.3. The highest BCUT2D eigenvalue weighted by molar-refractivity contribution is 5.89. The fourth-order valence-corrected chi connectivity index (χ4v) is 11.3. The molecule has 6 aliphatic rings. The Hall–Kier alpha value is -4.90. The Morgan fingerprint density at radius 1 is 1.02 bits per heavy atom. The zero-order valence-electron chi connectivity index (χ0n) is 37.4. The van der Waals surface area contributed by atoms with Crippen LogP contribution in [0.5, 0.6) is 5.75 Å². The second kappa shape index (κ2) is 17.6. The maximum absolute atomic E-state index is 13.9. The average molecular weight is 865 g/mol. The molecule has 63 heavy (non-hydrogen) atoms. The summed E-state index contributed by atoms with van der Waals surface area (Å²) in [5, 5.41) is 27.2. The van der Waals surface area contributed by atoms with Crippen molar-refractivity contribution in [2.45, 2.75) is 95.9 Å². The summed E-state index contributed by atoms with van der Waals surface area (Å²) in [7, 11) is 0. The maximum atomic E-state index is 13.9. The van der Waals surface area contributed by atoms with Crippen molar-refractivity contribution < 1.29 is 19.8 Å². The number of nitrogens with zero attached hydrogens (tertiary/aromatic N) is 7. The number of phenols is 1. The molecule has 1 aliphatic carbocycles. The Bertz CT molecular complexity index is 2150. The molecule has 5 aliphatic heterocycles. The minimum absolute atomic E-state index is 0.0379. The van der Waals surface area contributed by atoms with E-state index in [4.69, 9.17) is 21.4 Å². The minimum Gasteiger partial charge on any atom is -0.507 e. The van der Waals surface area contributed by atoms with E-state index in [1.165, 1.54) is 5.56 Å². The van der Waals surface area contributed by atoms with E-state index >= 15 is 0 Å². The van der Waals surface area contributed by atoms with Crippen molar-refractivity contribution >= 4 is 35.5 Å². The number of likely N-dealkylation sites (tertiary alicyclic amines) is 3. The first kappa shape index (κ1) is 43.4. The molecular weight excluding hydrogens is 797 g/mol. The highest BCUT2D eigenvalue weighted by Crippen LogP contribution is 2.51. The number of carbonyl (C=O) groups is 2. The summed E-state index contributed by atoms with van der Waals surface area (Å²) in [6.07, 6.45) is 11.9. The zero-order valence-corrected chi connectivity index (χ0v) is 37.4. The normalized spacial score (nSPS) is 24.3. The van der Waals surface area contributed by atoms with Gasteiger partial charge in [-0.3, -0.25) is 4.79 Å². The molecule has 0 bridgehead atoms. The number of H-pyrrole nitrogens is 1. The number of aromatic nitrogens is 3. The number of phenolic OH excluding ortho intramolecular Hbond substituents is 1. The molecule has 5 fully saturated rings. The first-order valence-electron chi connectivity index (χ1n) is 23.3. The minimum atomic E-state index is -0.646. The van der Waals surface area contributed by atoms with Gasteiger partial charge < -0.3 is 61.8 Å². The molecule has 1 saturated carbocycles. The number of hydrogen-bond acceptors (Lipinski definition) is 12. The molecule has 1 spiro atoms. The number of aromatic hydroxyl groups is 1. The lowest BCUT2D eigenvalue weighted by atomic mass is 9.60. The topological polar surface area (TPSA) is 208 Å². The predicted octanol–water partition coefficient (Wildman–Crippen LogP) is 3.31. The van der Waals surface area contributed by atoms with Crippen molar-refractivity contribution in [1.82, 2.24) is 45.2 Å². The predicted molar refractivity (Wildman–Crippen MR) is 245 cm³/mol. The zero-order chi connectivity index (χ0) is 44.0. The molecule has 3 aromatic rings. The number of urea groups is 1. The van der Waals surface area contributed by atoms with Crippen molar-refractivity contribution in [2.24, 2.45) is 16.6 Å². The van der Waals surface area contributed by atoms with E-state index in [0.29, 0.717) is 54.5 Å². The molecule has 16 nitrogen and oxygen atoms in total. The molecule has 3 amide bonds. The summed E-state index contributed by atoms with van der Waals surface area (Å²) in [5.41, 5.74) is 17.9. The van der Waals surface area contributed by atoms with Crippen molar-refractivity contribution in [2.75, 3.05) is 89.2 Å². The van der Waals surface area contributed by atoms with Crippen molar-refractivity contribution in [1.29, 1.82) is 0 Å². The Morgan fingerprint density at radius 3 is 2.41 bits per heavy atom. The van der Waals surface area contributed by atoms with Crippen molar-refractivity contribution in [3.63, 3.8) is 0 Å². The summed E-state index contributed by atoms with van der Waals surface area (Å²) >= 11 is 0. The van der Waals surface area contributed by atoms with E-state index < -0.39 is 17.6 Å². The number of fused-ring (bicyclic) bond motifs is 1. The number of hydrogen-bond donors (Lipinski definition) is 7. The van der Waals surface area contributed by atoms with Crippen LogP contribution in [-0.2, 0) is 11.2 Å². The van der Waals surface area contributed by atoms with E-state index in [9.17, 15) is 19.8 Å². The molecule has 2 aromatic heterocycles. The summed E-state index contributed by atoms with van der Waals surface area (Å²) in [5.74, 6) is 1.71. The van der Waals surface area contributed by atoms with Gasteiger partial charge in [0.15, 0.2) is 0 Å². The first-order chi connectivity index (χ1) is 30.3. The van der Waals surface area contributed by atoms with Gasteiger partial charge in [0, 0.05) is 117 Å². The Morgan fingerprint density at radius 2 is 1.73 bits per heavy atom. The molecule has 16 heteroatoms. The number of carbonyl (C=O) groups excluding carboxylic acids is 2. The highest BCUT2D eigenvalue weighted by Gasteiger charge is 2.56. The monoisotopic (exact) mass is 865 g/mol. The second-order valence-corrected chi connectivity index (χ2v) is 20.1. The Balaban J connectivity index is 0.754. The summed E-state index contributed by atoms with van der Waals surface area (Å²) in [4.78, 5) is 51.8. The number of amides is 3. The average Bonchev–Trinajstić information content (AvgIpc) is 3.84. The molecule has 1 aromatic carbocycles. The molecule has 0 radical (unpaired) electrons. The van der Waals surface area contributed by atoms with Gasteiger partial charge in [-0.2, -0.15) is 0 Å². The number of para-hydroxylation sites is 1. The fraction of sp³-hybridized carbons (Fsp3) is 0.617. The van der Waals surface area contributed by atoms with Gasteiger partial charge >= 0.3 is 6.03 Å². The van der Waals surface area contributed by atoms with Crippen LogP contribution in [0.3, 0.4) is 0 Å². The molecule has 4 saturated heterocycles. The smallest absolute Gasteiger partial charge is 0.318 e. The maximum Gasteiger partial charge on any atom is 0.318 e. The third-order valence-corrected chi connectivity index (χ3v) is 15.4. The van der Waals surface area contributed by atoms with Crippen LogP contribution in [0.4, 0.5) is 16.6 Å². The number of aliphatic hydroxyl groups is 1. The lowest BCUT2D eigenvalue weighted by Crippen LogP contribution is -2.70. The number of piperazine rings is 1. The van der Waals surface area contributed by atoms with Crippen LogP contribution in [0.25, 0.3) is 11.8 Å². The van der Waals surface area contributed by atoms with Gasteiger partial charge in [-0.05, 0) is 100 Å². The first-order valence-corrected chi connectivity index (χ1v) is 23.3. The molecule has 340 valence electrons. The van der Waals surface area contributed by atoms with Crippen molar-refractivity contribution in [3.05, 3.63) is 64.6 Å². The van der Waals surface area contributed by atoms with Crippen LogP contribution in [0.15, 0.2) is 36.7 Å². The Kier molecular flexibility index (Phi) is 12.1. The summed E-state index contributed by atoms with van der Waals surface area (Å²) in [6, 6.07) is 6.75. The summed E-state index contributed by atoms with van der Waals surface area (Å²) < 4.78 is 0. The number of nitrogens with two attached hydrogens (primary N) is 2. The van der Waals surface area contributed by atoms with Crippen LogP contribution < -0.4 is 27.0 Å². The second-order valence-electron chi connectivity index (χ2n) is 20.1. The van der Waals surface area contributed by atoms with Crippen LogP contribution >= 0.6 is 0 Å². The number of β-amino-alcohol motifs (C(OH)–C–C–N with tert-alkyl or cyclic N) is 1. The van der Waals surface area contributed by atoms with E-state index in [2.05, 4.69) is 51.1 Å². The van der Waals surface area contributed by atoms with E-state index in [1.54, 1.807) is 23.1 Å². The largest absolute Gasteiger partial charge is 0.507 e. The fourth-order valence-electron chi connectivity index (χ4n) is 11.3. The van der Waals surface area contributed by atoms with Crippen LogP contribution in [0.1, 0.15) is 99.2 Å². The van der Waals surface area contributed by atoms with Gasteiger partial charge in [0.1, 0.15) is 17.6 Å². The summed E-state index contributed by atoms with van der Waals surface area (Å²) in [6.45, 7) is 16.3. The van der Waals surface area contributed by atoms with Gasteiger partial charge in [-0.25, -0.2) is 14.8 Å². The number of nitrogens with one attached hydrogen (secondary N) is 3. The van der Waals surface area contributed by atoms with Gasteiger partial charge in [0.2, 0.25) is 11.9 Å². The number of aromatic amines is 1. The van der Waals surface area contributed by atoms with E-state index in [-0.39, 0.29) is 29.1 Å². The molecule has 9 N–H and O–H groups in total. The number of nitrogen functional groups attached to an aromatic ring is 1.